The highest BCUT2D eigenvalue weighted by Gasteiger charge is 2.30. The van der Waals surface area contributed by atoms with Gasteiger partial charge in [0.1, 0.15) is 11.7 Å². The molecule has 1 aliphatic heterocycles. The predicted octanol–water partition coefficient (Wildman–Crippen LogP) is 1.51. The number of fused-ring (bicyclic) bond motifs is 1. The van der Waals surface area contributed by atoms with Crippen LogP contribution >= 0.6 is 0 Å². The molecule has 0 saturated carbocycles. The van der Waals surface area contributed by atoms with E-state index in [1.807, 2.05) is 37.5 Å². The number of aromatic nitrogens is 5. The average Bonchev–Trinajstić information content (AvgIpc) is 3.24. The van der Waals surface area contributed by atoms with Gasteiger partial charge in [-0.25, -0.2) is 13.9 Å². The summed E-state index contributed by atoms with van der Waals surface area (Å²) in [5.41, 5.74) is 2.60. The minimum Gasteiger partial charge on any atom is -0.352 e. The maximum Gasteiger partial charge on any atom is 0.155 e. The number of piperidine rings is 1. The molecule has 7 nitrogen and oxygen atoms in total. The molecule has 1 fully saturated rings. The molecule has 1 aliphatic rings. The summed E-state index contributed by atoms with van der Waals surface area (Å²) in [6.07, 6.45) is 7.26. The minimum absolute atomic E-state index is 0.0590. The fourth-order valence-electron chi connectivity index (χ4n) is 3.47. The van der Waals surface area contributed by atoms with Crippen LogP contribution in [0.3, 0.4) is 0 Å². The van der Waals surface area contributed by atoms with Crippen molar-refractivity contribution in [3.05, 3.63) is 30.9 Å². The fraction of sp³-hybridized carbons (Fsp3) is 0.471. The van der Waals surface area contributed by atoms with Crippen molar-refractivity contribution >= 4 is 11.3 Å². The quantitative estimate of drug-likeness (QED) is 0.778. The van der Waals surface area contributed by atoms with E-state index in [0.717, 1.165) is 35.6 Å². The first-order chi connectivity index (χ1) is 12.2. The second-order valence-electron chi connectivity index (χ2n) is 6.58. The second-order valence-corrected chi connectivity index (χ2v) is 6.58. The van der Waals surface area contributed by atoms with Crippen LogP contribution in [0.2, 0.25) is 0 Å². The molecule has 3 aromatic rings. The molecule has 8 heteroatoms. The first-order valence-corrected chi connectivity index (χ1v) is 8.52. The number of hydrogen-bond donors (Lipinski definition) is 1. The molecule has 2 atom stereocenters. The molecular weight excluding hydrogens is 321 g/mol. The van der Waals surface area contributed by atoms with Crippen LogP contribution in [0.5, 0.6) is 0 Å². The molecule has 0 radical (unpaired) electrons. The van der Waals surface area contributed by atoms with Gasteiger partial charge in [-0.1, -0.05) is 0 Å². The van der Waals surface area contributed by atoms with Crippen molar-refractivity contribution in [2.45, 2.75) is 12.6 Å². The Bertz CT molecular complexity index is 871. The van der Waals surface area contributed by atoms with E-state index < -0.39 is 6.17 Å². The van der Waals surface area contributed by atoms with E-state index in [9.17, 15) is 4.39 Å². The largest absolute Gasteiger partial charge is 0.352 e. The monoisotopic (exact) mass is 343 g/mol. The van der Waals surface area contributed by atoms with Gasteiger partial charge in [-0.05, 0) is 19.5 Å². The highest BCUT2D eigenvalue weighted by Crippen LogP contribution is 2.29. The lowest BCUT2D eigenvalue weighted by atomic mass is 9.95. The highest BCUT2D eigenvalue weighted by molar-refractivity contribution is 5.72. The smallest absolute Gasteiger partial charge is 0.155 e. The Kier molecular flexibility index (Phi) is 4.12. The van der Waals surface area contributed by atoms with Crippen molar-refractivity contribution in [1.82, 2.24) is 29.7 Å². The maximum absolute atomic E-state index is 14.6. The van der Waals surface area contributed by atoms with Crippen LogP contribution in [0, 0.1) is 5.92 Å². The number of aryl methyl sites for hydroxylation is 1. The average molecular weight is 343 g/mol. The van der Waals surface area contributed by atoms with Gasteiger partial charge in [-0.15, -0.1) is 0 Å². The normalized spacial score (nSPS) is 21.2. The van der Waals surface area contributed by atoms with Crippen LogP contribution in [-0.4, -0.2) is 57.2 Å². The first kappa shape index (κ1) is 16.0. The fourth-order valence-corrected chi connectivity index (χ4v) is 3.47. The van der Waals surface area contributed by atoms with Crippen molar-refractivity contribution in [1.29, 1.82) is 0 Å². The molecule has 25 heavy (non-hydrogen) atoms. The predicted molar refractivity (Wildman–Crippen MR) is 94.3 cm³/mol. The van der Waals surface area contributed by atoms with Crippen molar-refractivity contribution in [3.8, 4) is 11.3 Å². The molecule has 4 rings (SSSR count). The molecule has 1 N–H and O–H groups in total. The van der Waals surface area contributed by atoms with E-state index in [-0.39, 0.29) is 5.92 Å². The Hall–Kier alpha value is -2.48. The number of halogens is 1. The van der Waals surface area contributed by atoms with Crippen molar-refractivity contribution in [2.75, 3.05) is 31.6 Å². The van der Waals surface area contributed by atoms with Gasteiger partial charge < -0.3 is 10.2 Å². The standard InChI is InChI=1S/C17H22FN7/c1-19-7-12-4-6-24(10-14(12)18)17-16-3-5-20-25(16)11-15(22-17)13-8-21-23(2)9-13/h3,5,8-9,11-12,14,19H,4,6-7,10H2,1-2H3. The first-order valence-electron chi connectivity index (χ1n) is 8.52. The molecule has 0 bridgehead atoms. The Morgan fingerprint density at radius 2 is 2.20 bits per heavy atom. The van der Waals surface area contributed by atoms with E-state index in [4.69, 9.17) is 4.98 Å². The van der Waals surface area contributed by atoms with E-state index >= 15 is 0 Å². The maximum atomic E-state index is 14.6. The van der Waals surface area contributed by atoms with Gasteiger partial charge in [0.25, 0.3) is 0 Å². The molecular formula is C17H22FN7. The molecule has 0 aromatic carbocycles. The SMILES string of the molecule is CNCC1CCN(c2nc(-c3cnn(C)c3)cn3nccc23)CC1F. The Balaban J connectivity index is 1.70. The third-order valence-electron chi connectivity index (χ3n) is 4.81. The summed E-state index contributed by atoms with van der Waals surface area (Å²) in [7, 11) is 3.74. The number of nitrogens with zero attached hydrogens (tertiary/aromatic N) is 6. The Morgan fingerprint density at radius 3 is 2.92 bits per heavy atom. The van der Waals surface area contributed by atoms with Gasteiger partial charge in [0, 0.05) is 37.8 Å². The molecule has 4 heterocycles. The van der Waals surface area contributed by atoms with Gasteiger partial charge in [-0.3, -0.25) is 4.68 Å². The zero-order chi connectivity index (χ0) is 17.4. The minimum atomic E-state index is -0.868. The van der Waals surface area contributed by atoms with Crippen molar-refractivity contribution < 1.29 is 4.39 Å². The topological polar surface area (TPSA) is 63.3 Å². The lowest BCUT2D eigenvalue weighted by Gasteiger charge is -2.35. The molecule has 2 unspecified atom stereocenters. The number of hydrogen-bond acceptors (Lipinski definition) is 5. The molecule has 0 aliphatic carbocycles. The Labute approximate surface area is 145 Å². The number of anilines is 1. The summed E-state index contributed by atoms with van der Waals surface area (Å²) in [6, 6.07) is 1.92. The van der Waals surface area contributed by atoms with Gasteiger partial charge in [-0.2, -0.15) is 10.2 Å². The summed E-state index contributed by atoms with van der Waals surface area (Å²) < 4.78 is 18.1. The summed E-state index contributed by atoms with van der Waals surface area (Å²) in [5, 5.41) is 11.6. The van der Waals surface area contributed by atoms with E-state index in [0.29, 0.717) is 13.1 Å². The van der Waals surface area contributed by atoms with Crippen LogP contribution < -0.4 is 10.2 Å². The Morgan fingerprint density at radius 1 is 1.32 bits per heavy atom. The third-order valence-corrected chi connectivity index (χ3v) is 4.81. The molecule has 3 aromatic heterocycles. The van der Waals surface area contributed by atoms with Gasteiger partial charge in [0.05, 0.1) is 30.8 Å². The van der Waals surface area contributed by atoms with Crippen molar-refractivity contribution in [3.63, 3.8) is 0 Å². The van der Waals surface area contributed by atoms with E-state index in [1.54, 1.807) is 21.6 Å². The third kappa shape index (κ3) is 2.97. The zero-order valence-corrected chi connectivity index (χ0v) is 14.4. The summed E-state index contributed by atoms with van der Waals surface area (Å²) in [5.74, 6) is 0.841. The van der Waals surface area contributed by atoms with Crippen LogP contribution in [-0.2, 0) is 7.05 Å². The second kappa shape index (κ2) is 6.44. The van der Waals surface area contributed by atoms with Gasteiger partial charge in [0.2, 0.25) is 0 Å². The van der Waals surface area contributed by atoms with Gasteiger partial charge >= 0.3 is 0 Å². The van der Waals surface area contributed by atoms with Crippen molar-refractivity contribution in [2.24, 2.45) is 13.0 Å². The van der Waals surface area contributed by atoms with E-state index in [2.05, 4.69) is 15.5 Å². The highest BCUT2D eigenvalue weighted by atomic mass is 19.1. The molecule has 132 valence electrons. The van der Waals surface area contributed by atoms with Gasteiger partial charge in [0.15, 0.2) is 5.82 Å². The molecule has 0 spiro atoms. The molecule has 1 saturated heterocycles. The number of rotatable bonds is 4. The van der Waals surface area contributed by atoms with Crippen LogP contribution in [0.4, 0.5) is 10.2 Å². The van der Waals surface area contributed by atoms with Crippen LogP contribution in [0.15, 0.2) is 30.9 Å². The summed E-state index contributed by atoms with van der Waals surface area (Å²) in [6.45, 7) is 1.86. The lowest BCUT2D eigenvalue weighted by Crippen LogP contribution is -2.45. The molecule has 0 amide bonds. The number of alkyl halides is 1. The van der Waals surface area contributed by atoms with E-state index in [1.165, 1.54) is 0 Å². The lowest BCUT2D eigenvalue weighted by molar-refractivity contribution is 0.195. The van der Waals surface area contributed by atoms with Crippen LogP contribution in [0.25, 0.3) is 16.8 Å². The summed E-state index contributed by atoms with van der Waals surface area (Å²) in [4.78, 5) is 6.85. The zero-order valence-electron chi connectivity index (χ0n) is 14.4. The van der Waals surface area contributed by atoms with Crippen LogP contribution in [0.1, 0.15) is 6.42 Å². The number of nitrogens with one attached hydrogen (secondary N) is 1. The summed E-state index contributed by atoms with van der Waals surface area (Å²) >= 11 is 0.